The number of fused-ring (bicyclic) bond motifs is 4. The summed E-state index contributed by atoms with van der Waals surface area (Å²) in [5.41, 5.74) is -0.519. The van der Waals surface area contributed by atoms with Crippen LogP contribution in [0.1, 0.15) is 52.4 Å². The average Bonchev–Trinajstić information content (AvgIpc) is 2.64. The number of ether oxygens (including phenoxy) is 1. The molecule has 3 rings (SSSR count). The van der Waals surface area contributed by atoms with Gasteiger partial charge in [-0.2, -0.15) is 0 Å². The molecule has 3 fully saturated rings. The van der Waals surface area contributed by atoms with Crippen LogP contribution in [0.3, 0.4) is 0 Å². The first-order chi connectivity index (χ1) is 8.44. The molecule has 3 saturated carbocycles. The van der Waals surface area contributed by atoms with Crippen molar-refractivity contribution < 1.29 is 14.3 Å². The number of Topliss-reactive ketones (excluding diaryl/α,β-unsaturated/α-hetero) is 1. The summed E-state index contributed by atoms with van der Waals surface area (Å²) in [6.45, 7) is 4.44. The molecular formula is C15H22O3. The van der Waals surface area contributed by atoms with E-state index < -0.39 is 5.41 Å². The Balaban J connectivity index is 2.12. The zero-order chi connectivity index (χ0) is 13.2. The SMILES string of the molecule is COC(=O)[C@]12CCC[C@@]1(C)[C@]1(C)CCCC(=O)[C@H]21. The van der Waals surface area contributed by atoms with E-state index >= 15 is 0 Å². The number of methoxy groups -OCH3 is 1. The van der Waals surface area contributed by atoms with E-state index in [-0.39, 0.29) is 22.7 Å². The van der Waals surface area contributed by atoms with Gasteiger partial charge in [-0.3, -0.25) is 9.59 Å². The molecule has 3 aliphatic rings. The highest BCUT2D eigenvalue weighted by molar-refractivity contribution is 5.94. The summed E-state index contributed by atoms with van der Waals surface area (Å²) >= 11 is 0. The van der Waals surface area contributed by atoms with Gasteiger partial charge in [-0.25, -0.2) is 0 Å². The van der Waals surface area contributed by atoms with E-state index in [1.807, 2.05) is 0 Å². The van der Waals surface area contributed by atoms with Crippen LogP contribution in [0.2, 0.25) is 0 Å². The van der Waals surface area contributed by atoms with Gasteiger partial charge in [0.05, 0.1) is 12.5 Å². The standard InChI is InChI=1S/C15H22O3/c1-13-7-4-6-10(16)11(13)15(12(17)18-3)9-5-8-14(13,15)2/h11H,4-9H2,1-3H3/t11-,13+,14-,15+/m0/s1. The maximum absolute atomic E-state index is 12.4. The lowest BCUT2D eigenvalue weighted by molar-refractivity contribution is -0.254. The van der Waals surface area contributed by atoms with Crippen molar-refractivity contribution in [3.05, 3.63) is 0 Å². The van der Waals surface area contributed by atoms with Crippen LogP contribution in [-0.2, 0) is 14.3 Å². The third kappa shape index (κ3) is 0.960. The Morgan fingerprint density at radius 1 is 1.22 bits per heavy atom. The van der Waals surface area contributed by atoms with Crippen LogP contribution in [0.15, 0.2) is 0 Å². The van der Waals surface area contributed by atoms with Gasteiger partial charge in [0, 0.05) is 12.3 Å². The van der Waals surface area contributed by atoms with Crippen molar-refractivity contribution in [2.45, 2.75) is 52.4 Å². The number of hydrogen-bond acceptors (Lipinski definition) is 3. The van der Waals surface area contributed by atoms with Crippen LogP contribution < -0.4 is 0 Å². The van der Waals surface area contributed by atoms with E-state index in [9.17, 15) is 9.59 Å². The van der Waals surface area contributed by atoms with Gasteiger partial charge >= 0.3 is 5.97 Å². The molecule has 0 aromatic rings. The van der Waals surface area contributed by atoms with E-state index in [2.05, 4.69) is 13.8 Å². The normalized spacial score (nSPS) is 50.2. The average molecular weight is 250 g/mol. The molecule has 0 aromatic carbocycles. The summed E-state index contributed by atoms with van der Waals surface area (Å²) in [6.07, 6.45) is 5.65. The second-order valence-electron chi connectivity index (χ2n) is 6.82. The summed E-state index contributed by atoms with van der Waals surface area (Å²) in [6, 6.07) is 0. The number of rotatable bonds is 1. The molecule has 3 nitrogen and oxygen atoms in total. The zero-order valence-corrected chi connectivity index (χ0v) is 11.5. The summed E-state index contributed by atoms with van der Waals surface area (Å²) in [7, 11) is 1.46. The number of ketones is 1. The maximum atomic E-state index is 12.4. The fourth-order valence-electron chi connectivity index (χ4n) is 5.71. The predicted octanol–water partition coefficient (Wildman–Crippen LogP) is 2.73. The van der Waals surface area contributed by atoms with Crippen molar-refractivity contribution in [1.82, 2.24) is 0 Å². The third-order valence-electron chi connectivity index (χ3n) is 6.61. The van der Waals surface area contributed by atoms with Crippen molar-refractivity contribution in [3.63, 3.8) is 0 Å². The minimum Gasteiger partial charge on any atom is -0.469 e. The van der Waals surface area contributed by atoms with Crippen LogP contribution in [0.25, 0.3) is 0 Å². The molecule has 0 N–H and O–H groups in total. The first kappa shape index (κ1) is 12.2. The molecule has 100 valence electrons. The Kier molecular flexibility index (Phi) is 2.28. The van der Waals surface area contributed by atoms with E-state index in [1.165, 1.54) is 7.11 Å². The molecule has 0 bridgehead atoms. The fraction of sp³-hybridized carbons (Fsp3) is 0.867. The number of carbonyl (C=O) groups excluding carboxylic acids is 2. The summed E-state index contributed by atoms with van der Waals surface area (Å²) < 4.78 is 5.08. The van der Waals surface area contributed by atoms with Gasteiger partial charge in [-0.1, -0.05) is 20.3 Å². The Bertz CT molecular complexity index is 429. The van der Waals surface area contributed by atoms with Gasteiger partial charge in [-0.05, 0) is 36.5 Å². The lowest BCUT2D eigenvalue weighted by Crippen LogP contribution is -2.74. The molecule has 0 amide bonds. The van der Waals surface area contributed by atoms with Crippen molar-refractivity contribution in [2.75, 3.05) is 7.11 Å². The monoisotopic (exact) mass is 250 g/mol. The molecule has 0 aromatic heterocycles. The molecule has 0 radical (unpaired) electrons. The summed E-state index contributed by atoms with van der Waals surface area (Å²) in [5, 5.41) is 0. The predicted molar refractivity (Wildman–Crippen MR) is 66.9 cm³/mol. The second kappa shape index (κ2) is 3.37. The van der Waals surface area contributed by atoms with Gasteiger partial charge in [0.15, 0.2) is 0 Å². The minimum absolute atomic E-state index is 0.0209. The summed E-state index contributed by atoms with van der Waals surface area (Å²) in [5.74, 6) is 0.0763. The Hall–Kier alpha value is -0.860. The molecule has 3 heteroatoms. The third-order valence-corrected chi connectivity index (χ3v) is 6.61. The van der Waals surface area contributed by atoms with Crippen molar-refractivity contribution in [2.24, 2.45) is 22.2 Å². The molecule has 0 spiro atoms. The van der Waals surface area contributed by atoms with Gasteiger partial charge in [0.2, 0.25) is 0 Å². The molecule has 3 aliphatic carbocycles. The number of esters is 1. The van der Waals surface area contributed by atoms with Crippen LogP contribution in [0.4, 0.5) is 0 Å². The maximum Gasteiger partial charge on any atom is 0.313 e. The number of hydrogen-bond donors (Lipinski definition) is 0. The largest absolute Gasteiger partial charge is 0.469 e. The molecule has 4 atom stereocenters. The van der Waals surface area contributed by atoms with Gasteiger partial charge in [-0.15, -0.1) is 0 Å². The van der Waals surface area contributed by atoms with E-state index in [0.29, 0.717) is 12.2 Å². The second-order valence-corrected chi connectivity index (χ2v) is 6.82. The smallest absolute Gasteiger partial charge is 0.313 e. The quantitative estimate of drug-likeness (QED) is 0.672. The van der Waals surface area contributed by atoms with E-state index in [0.717, 1.165) is 32.1 Å². The molecule has 0 saturated heterocycles. The van der Waals surface area contributed by atoms with E-state index in [1.54, 1.807) is 0 Å². The fourth-order valence-corrected chi connectivity index (χ4v) is 5.71. The van der Waals surface area contributed by atoms with Gasteiger partial charge < -0.3 is 4.74 Å². The molecule has 18 heavy (non-hydrogen) atoms. The van der Waals surface area contributed by atoms with Gasteiger partial charge in [0.1, 0.15) is 5.78 Å². The Morgan fingerprint density at radius 2 is 1.94 bits per heavy atom. The molecule has 0 heterocycles. The molecular weight excluding hydrogens is 228 g/mol. The highest BCUT2D eigenvalue weighted by Crippen LogP contribution is 2.81. The van der Waals surface area contributed by atoms with Crippen LogP contribution >= 0.6 is 0 Å². The number of carbonyl (C=O) groups is 2. The lowest BCUT2D eigenvalue weighted by Gasteiger charge is -2.71. The van der Waals surface area contributed by atoms with Gasteiger partial charge in [0.25, 0.3) is 0 Å². The highest BCUT2D eigenvalue weighted by atomic mass is 16.5. The topological polar surface area (TPSA) is 43.4 Å². The Morgan fingerprint density at radius 3 is 2.61 bits per heavy atom. The first-order valence-electron chi connectivity index (χ1n) is 7.05. The minimum atomic E-state index is -0.506. The van der Waals surface area contributed by atoms with Crippen molar-refractivity contribution in [1.29, 1.82) is 0 Å². The van der Waals surface area contributed by atoms with Crippen LogP contribution in [0, 0.1) is 22.2 Å². The van der Waals surface area contributed by atoms with Crippen LogP contribution in [0.5, 0.6) is 0 Å². The highest BCUT2D eigenvalue weighted by Gasteiger charge is 2.82. The summed E-state index contributed by atoms with van der Waals surface area (Å²) in [4.78, 5) is 24.7. The van der Waals surface area contributed by atoms with Crippen LogP contribution in [-0.4, -0.2) is 18.9 Å². The van der Waals surface area contributed by atoms with Crippen molar-refractivity contribution >= 4 is 11.8 Å². The Labute approximate surface area is 108 Å². The molecule has 0 aliphatic heterocycles. The van der Waals surface area contributed by atoms with E-state index in [4.69, 9.17) is 4.74 Å². The molecule has 0 unspecified atom stereocenters. The first-order valence-corrected chi connectivity index (χ1v) is 7.05. The lowest BCUT2D eigenvalue weighted by atomic mass is 9.30. The van der Waals surface area contributed by atoms with Crippen molar-refractivity contribution in [3.8, 4) is 0 Å². The zero-order valence-electron chi connectivity index (χ0n) is 11.5.